The molecule has 0 unspecified atom stereocenters. The minimum Gasteiger partial charge on any atom is -0.483 e. The summed E-state index contributed by atoms with van der Waals surface area (Å²) in [5.74, 6) is 0.372. The highest BCUT2D eigenvalue weighted by Gasteiger charge is 2.16. The molecular weight excluding hydrogens is 352 g/mol. The molecule has 0 aliphatic carbocycles. The molecule has 1 N–H and O–H groups in total. The van der Waals surface area contributed by atoms with E-state index in [-0.39, 0.29) is 17.4 Å². The number of nitrogens with one attached hydrogen (secondary N) is 1. The van der Waals surface area contributed by atoms with Crippen molar-refractivity contribution in [2.75, 3.05) is 26.0 Å². The Labute approximate surface area is 154 Å². The fraction of sp³-hybridized carbons (Fsp3) is 0.316. The van der Waals surface area contributed by atoms with Crippen LogP contribution in [0, 0.1) is 20.8 Å². The first kappa shape index (κ1) is 19.9. The molecule has 2 aromatic rings. The number of benzene rings is 2. The fourth-order valence-corrected chi connectivity index (χ4v) is 3.31. The van der Waals surface area contributed by atoms with Gasteiger partial charge in [-0.1, -0.05) is 6.07 Å². The van der Waals surface area contributed by atoms with E-state index in [0.717, 1.165) is 21.0 Å². The molecule has 140 valence electrons. The number of amides is 1. The average Bonchev–Trinajstić information content (AvgIpc) is 2.57. The van der Waals surface area contributed by atoms with E-state index in [1.807, 2.05) is 26.8 Å². The van der Waals surface area contributed by atoms with E-state index in [0.29, 0.717) is 11.4 Å². The number of aryl methyl sites for hydroxylation is 2. The Hall–Kier alpha value is -2.38. The van der Waals surface area contributed by atoms with Crippen LogP contribution in [-0.2, 0) is 14.8 Å². The number of ether oxygens (including phenoxy) is 1. The summed E-state index contributed by atoms with van der Waals surface area (Å²) in [7, 11) is -0.546. The number of rotatable bonds is 6. The predicted molar refractivity (Wildman–Crippen MR) is 102 cm³/mol. The first-order valence-electron chi connectivity index (χ1n) is 8.14. The van der Waals surface area contributed by atoms with Crippen LogP contribution in [0.3, 0.4) is 0 Å². The first-order chi connectivity index (χ1) is 12.1. The van der Waals surface area contributed by atoms with Crippen LogP contribution in [-0.4, -0.2) is 39.3 Å². The van der Waals surface area contributed by atoms with E-state index in [9.17, 15) is 13.2 Å². The molecule has 0 spiro atoms. The molecule has 6 nitrogen and oxygen atoms in total. The summed E-state index contributed by atoms with van der Waals surface area (Å²) in [6, 6.07) is 9.98. The van der Waals surface area contributed by atoms with Gasteiger partial charge in [-0.3, -0.25) is 4.79 Å². The summed E-state index contributed by atoms with van der Waals surface area (Å²) in [6.45, 7) is 5.80. The van der Waals surface area contributed by atoms with Gasteiger partial charge in [0, 0.05) is 19.8 Å². The van der Waals surface area contributed by atoms with Crippen LogP contribution in [0.15, 0.2) is 41.3 Å². The molecular formula is C19H24N2O4S. The quantitative estimate of drug-likeness (QED) is 0.841. The number of anilines is 1. The van der Waals surface area contributed by atoms with E-state index in [4.69, 9.17) is 4.74 Å². The van der Waals surface area contributed by atoms with Crippen molar-refractivity contribution in [3.63, 3.8) is 0 Å². The third-order valence-electron chi connectivity index (χ3n) is 4.04. The molecule has 0 bridgehead atoms. The summed E-state index contributed by atoms with van der Waals surface area (Å²) in [5, 5.41) is 2.70. The second kappa shape index (κ2) is 7.88. The minimum atomic E-state index is -3.49. The largest absolute Gasteiger partial charge is 0.483 e. The molecule has 1 amide bonds. The summed E-state index contributed by atoms with van der Waals surface area (Å²) >= 11 is 0. The van der Waals surface area contributed by atoms with Gasteiger partial charge in [0.25, 0.3) is 5.91 Å². The number of carbonyl (C=O) groups is 1. The second-order valence-electron chi connectivity index (χ2n) is 6.35. The Morgan fingerprint density at radius 3 is 2.27 bits per heavy atom. The van der Waals surface area contributed by atoms with Crippen molar-refractivity contribution in [1.82, 2.24) is 4.31 Å². The Morgan fingerprint density at radius 2 is 1.69 bits per heavy atom. The third-order valence-corrected chi connectivity index (χ3v) is 5.87. The maximum Gasteiger partial charge on any atom is 0.262 e. The van der Waals surface area contributed by atoms with E-state index in [2.05, 4.69) is 11.4 Å². The van der Waals surface area contributed by atoms with Crippen molar-refractivity contribution < 1.29 is 17.9 Å². The van der Waals surface area contributed by atoms with Crippen LogP contribution in [0.25, 0.3) is 0 Å². The molecule has 0 radical (unpaired) electrons. The van der Waals surface area contributed by atoms with E-state index in [1.54, 1.807) is 12.1 Å². The lowest BCUT2D eigenvalue weighted by atomic mass is 10.1. The maximum absolute atomic E-state index is 12.1. The van der Waals surface area contributed by atoms with Crippen molar-refractivity contribution in [2.45, 2.75) is 25.7 Å². The lowest BCUT2D eigenvalue weighted by Crippen LogP contribution is -2.22. The Morgan fingerprint density at radius 1 is 1.08 bits per heavy atom. The number of nitrogens with zero attached hydrogens (tertiary/aromatic N) is 1. The summed E-state index contributed by atoms with van der Waals surface area (Å²) in [5.41, 5.74) is 3.69. The molecule has 0 fully saturated rings. The second-order valence-corrected chi connectivity index (χ2v) is 8.51. The summed E-state index contributed by atoms with van der Waals surface area (Å²) in [4.78, 5) is 12.3. The smallest absolute Gasteiger partial charge is 0.262 e. The van der Waals surface area contributed by atoms with Crippen molar-refractivity contribution in [1.29, 1.82) is 0 Å². The third kappa shape index (κ3) is 4.62. The highest BCUT2D eigenvalue weighted by molar-refractivity contribution is 7.89. The van der Waals surface area contributed by atoms with Crippen LogP contribution in [0.1, 0.15) is 16.7 Å². The Kier molecular flexibility index (Phi) is 6.05. The van der Waals surface area contributed by atoms with Gasteiger partial charge in [-0.15, -0.1) is 0 Å². The molecule has 0 saturated carbocycles. The van der Waals surface area contributed by atoms with Gasteiger partial charge < -0.3 is 10.1 Å². The van der Waals surface area contributed by atoms with Crippen molar-refractivity contribution >= 4 is 21.6 Å². The standard InChI is InChI=1S/C19H24N2O4S/c1-13-10-14(2)15(3)18(11-13)25-12-19(22)20-16-6-8-17(9-7-16)26(23,24)21(4)5/h6-11H,12H2,1-5H3,(H,20,22). The molecule has 2 rings (SSSR count). The highest BCUT2D eigenvalue weighted by atomic mass is 32.2. The lowest BCUT2D eigenvalue weighted by molar-refractivity contribution is -0.118. The van der Waals surface area contributed by atoms with Gasteiger partial charge in [-0.05, 0) is 67.8 Å². The van der Waals surface area contributed by atoms with E-state index in [1.165, 1.54) is 26.2 Å². The van der Waals surface area contributed by atoms with Crippen LogP contribution < -0.4 is 10.1 Å². The zero-order chi connectivity index (χ0) is 19.5. The summed E-state index contributed by atoms with van der Waals surface area (Å²) < 4.78 is 30.8. The van der Waals surface area contributed by atoms with Gasteiger partial charge >= 0.3 is 0 Å². The normalized spacial score (nSPS) is 11.5. The van der Waals surface area contributed by atoms with Gasteiger partial charge in [0.05, 0.1) is 4.90 Å². The SMILES string of the molecule is Cc1cc(C)c(C)c(OCC(=O)Nc2ccc(S(=O)(=O)N(C)C)cc2)c1. The number of carbonyl (C=O) groups excluding carboxylic acids is 1. The number of hydrogen-bond donors (Lipinski definition) is 1. The van der Waals surface area contributed by atoms with E-state index >= 15 is 0 Å². The van der Waals surface area contributed by atoms with Crippen molar-refractivity contribution in [2.24, 2.45) is 0 Å². The van der Waals surface area contributed by atoms with Gasteiger partial charge in [-0.25, -0.2) is 12.7 Å². The summed E-state index contributed by atoms with van der Waals surface area (Å²) in [6.07, 6.45) is 0. The first-order valence-corrected chi connectivity index (χ1v) is 9.58. The monoisotopic (exact) mass is 376 g/mol. The van der Waals surface area contributed by atoms with Gasteiger partial charge in [-0.2, -0.15) is 0 Å². The van der Waals surface area contributed by atoms with Crippen LogP contribution >= 0.6 is 0 Å². The van der Waals surface area contributed by atoms with Gasteiger partial charge in [0.2, 0.25) is 10.0 Å². The molecule has 0 aliphatic rings. The Bertz CT molecular complexity index is 904. The minimum absolute atomic E-state index is 0.124. The average molecular weight is 376 g/mol. The fourth-order valence-electron chi connectivity index (χ4n) is 2.41. The maximum atomic E-state index is 12.1. The van der Waals surface area contributed by atoms with Gasteiger partial charge in [0.15, 0.2) is 6.61 Å². The molecule has 2 aromatic carbocycles. The molecule has 26 heavy (non-hydrogen) atoms. The van der Waals surface area contributed by atoms with Crippen molar-refractivity contribution in [3.05, 3.63) is 53.1 Å². The lowest BCUT2D eigenvalue weighted by Gasteiger charge is -2.13. The molecule has 0 heterocycles. The van der Waals surface area contributed by atoms with Crippen LogP contribution in [0.5, 0.6) is 5.75 Å². The number of hydrogen-bond acceptors (Lipinski definition) is 4. The van der Waals surface area contributed by atoms with Crippen LogP contribution in [0.2, 0.25) is 0 Å². The topological polar surface area (TPSA) is 75.7 Å². The zero-order valence-corrected chi connectivity index (χ0v) is 16.5. The highest BCUT2D eigenvalue weighted by Crippen LogP contribution is 2.23. The van der Waals surface area contributed by atoms with Crippen LogP contribution in [0.4, 0.5) is 5.69 Å². The molecule has 0 atom stereocenters. The predicted octanol–water partition coefficient (Wildman–Crippen LogP) is 2.88. The molecule has 7 heteroatoms. The van der Waals surface area contributed by atoms with Crippen molar-refractivity contribution in [3.8, 4) is 5.75 Å². The number of sulfonamides is 1. The zero-order valence-electron chi connectivity index (χ0n) is 15.7. The van der Waals surface area contributed by atoms with Gasteiger partial charge in [0.1, 0.15) is 5.75 Å². The Balaban J connectivity index is 2.01. The molecule has 0 saturated heterocycles. The van der Waals surface area contributed by atoms with E-state index < -0.39 is 10.0 Å². The molecule has 0 aliphatic heterocycles. The molecule has 0 aromatic heterocycles.